The molecule has 0 aliphatic carbocycles. The van der Waals surface area contributed by atoms with E-state index < -0.39 is 17.8 Å². The molecule has 189 valence electrons. The van der Waals surface area contributed by atoms with Crippen LogP contribution in [0.4, 0.5) is 24.5 Å². The number of aryl methyl sites for hydroxylation is 1. The third kappa shape index (κ3) is 6.05. The van der Waals surface area contributed by atoms with Crippen molar-refractivity contribution in [3.8, 4) is 22.9 Å². The van der Waals surface area contributed by atoms with Crippen LogP contribution in [0, 0.1) is 25.3 Å². The fourth-order valence-corrected chi connectivity index (χ4v) is 3.72. The zero-order valence-electron chi connectivity index (χ0n) is 19.8. The molecule has 36 heavy (non-hydrogen) atoms. The van der Waals surface area contributed by atoms with E-state index in [1.165, 1.54) is 19.2 Å². The Labute approximate surface area is 218 Å². The van der Waals surface area contributed by atoms with Gasteiger partial charge in [-0.15, -0.1) is 5.69 Å². The van der Waals surface area contributed by atoms with Crippen LogP contribution in [0.5, 0.6) is 5.75 Å². The Morgan fingerprint density at radius 3 is 2.44 bits per heavy atom. The number of anilines is 1. The maximum atomic E-state index is 13.3. The number of halogens is 3. The number of hydrogen-bond donors (Lipinski definition) is 2. The van der Waals surface area contributed by atoms with E-state index in [2.05, 4.69) is 23.4 Å². The van der Waals surface area contributed by atoms with Crippen molar-refractivity contribution < 1.29 is 34.7 Å². The van der Waals surface area contributed by atoms with Gasteiger partial charge in [0.25, 0.3) is 0 Å². The van der Waals surface area contributed by atoms with E-state index in [-0.39, 0.29) is 34.0 Å². The fraction of sp³-hybridized carbons (Fsp3) is 0.192. The first kappa shape index (κ1) is 28.4. The van der Waals surface area contributed by atoms with Gasteiger partial charge < -0.3 is 26.5 Å². The summed E-state index contributed by atoms with van der Waals surface area (Å²) in [4.78, 5) is 4.01. The minimum atomic E-state index is -4.54. The van der Waals surface area contributed by atoms with Gasteiger partial charge in [0.1, 0.15) is 5.75 Å². The molecule has 4 N–H and O–H groups in total. The number of rotatable bonds is 5. The first-order valence-electron chi connectivity index (χ1n) is 10.5. The third-order valence-corrected chi connectivity index (χ3v) is 5.57. The molecule has 0 aliphatic heterocycles. The van der Waals surface area contributed by atoms with Crippen LogP contribution in [0.1, 0.15) is 40.8 Å². The standard InChI is InChI=1S/C26H24F3N5O.Co/c1-14-5-6-16(13-30)7-20(14)21-11-22(23(32)12-24(21)35-4)25(33-3)34-15(2)17-8-18(26(27,28)29)10-19(31)9-17;/h5-12,15,32H,3,31H2,1-2,4H3,(H,33,34);/q-2;+2. The summed E-state index contributed by atoms with van der Waals surface area (Å²) in [6.07, 6.45) is -4.54. The molecular formula is C26H24CoF3N5O. The second-order valence-electron chi connectivity index (χ2n) is 8.00. The number of nitrogen functional groups attached to an aromatic ring is 1. The Balaban J connectivity index is 0.00000456. The molecular weight excluding hydrogens is 514 g/mol. The predicted octanol–water partition coefficient (Wildman–Crippen LogP) is 6.71. The van der Waals surface area contributed by atoms with Gasteiger partial charge in [0, 0.05) is 17.3 Å². The van der Waals surface area contributed by atoms with E-state index in [0.717, 1.165) is 23.3 Å². The molecule has 3 rings (SSSR count). The summed E-state index contributed by atoms with van der Waals surface area (Å²) < 4.78 is 45.3. The van der Waals surface area contributed by atoms with Crippen LogP contribution in [0.25, 0.3) is 16.9 Å². The van der Waals surface area contributed by atoms with Gasteiger partial charge in [-0.2, -0.15) is 25.5 Å². The fourth-order valence-electron chi connectivity index (χ4n) is 3.72. The first-order valence-corrected chi connectivity index (χ1v) is 10.5. The van der Waals surface area contributed by atoms with Gasteiger partial charge in [-0.1, -0.05) is 17.7 Å². The molecule has 0 bridgehead atoms. The molecule has 0 fully saturated rings. The molecule has 0 aromatic heterocycles. The molecule has 0 amide bonds. The van der Waals surface area contributed by atoms with Crippen LogP contribution >= 0.6 is 0 Å². The molecule has 3 aromatic carbocycles. The van der Waals surface area contributed by atoms with Crippen molar-refractivity contribution in [2.45, 2.75) is 26.1 Å². The quantitative estimate of drug-likeness (QED) is 0.163. The maximum absolute atomic E-state index is 13.3. The monoisotopic (exact) mass is 538 g/mol. The Hall–Kier alpha value is -3.81. The zero-order chi connectivity index (χ0) is 25.9. The largest absolute Gasteiger partial charge is 2.00 e. The molecule has 6 nitrogen and oxygen atoms in total. The molecule has 0 spiro atoms. The van der Waals surface area contributed by atoms with E-state index in [0.29, 0.717) is 28.0 Å². The minimum absolute atomic E-state index is 0. The summed E-state index contributed by atoms with van der Waals surface area (Å²) in [6, 6.07) is 13.3. The number of aliphatic imine (C=N–C) groups is 1. The van der Waals surface area contributed by atoms with E-state index in [1.807, 2.05) is 13.0 Å². The smallest absolute Gasteiger partial charge is 0.699 e. The SMILES string of the molecule is [CH2-]N=C(NC(C)c1cc(N)cc(C(F)(F)F)c1)c1cc(-c2cc(C#N)ccc2C)c(OC)cc1[NH-].[Co+2]. The number of methoxy groups -OCH3 is 1. The Bertz CT molecular complexity index is 1330. The van der Waals surface area contributed by atoms with Gasteiger partial charge >= 0.3 is 23.0 Å². The summed E-state index contributed by atoms with van der Waals surface area (Å²) >= 11 is 0. The number of nitrogens with zero attached hydrogens (tertiary/aromatic N) is 2. The van der Waals surface area contributed by atoms with Crippen LogP contribution in [0.2, 0.25) is 0 Å². The minimum Gasteiger partial charge on any atom is -0.699 e. The van der Waals surface area contributed by atoms with Gasteiger partial charge in [0.2, 0.25) is 0 Å². The molecule has 1 unspecified atom stereocenters. The van der Waals surface area contributed by atoms with Gasteiger partial charge in [-0.25, -0.2) is 0 Å². The van der Waals surface area contributed by atoms with Gasteiger partial charge in [-0.05, 0) is 72.8 Å². The molecule has 10 heteroatoms. The van der Waals surface area contributed by atoms with Crippen molar-refractivity contribution in [2.75, 3.05) is 12.8 Å². The number of amidine groups is 1. The van der Waals surface area contributed by atoms with E-state index in [9.17, 15) is 18.4 Å². The molecule has 1 radical (unpaired) electrons. The first-order chi connectivity index (χ1) is 16.5. The third-order valence-electron chi connectivity index (χ3n) is 5.57. The Kier molecular flexibility index (Phi) is 8.91. The van der Waals surface area contributed by atoms with E-state index in [4.69, 9.17) is 16.2 Å². The maximum Gasteiger partial charge on any atom is 2.00 e. The normalized spacial score (nSPS) is 12.3. The zero-order valence-corrected chi connectivity index (χ0v) is 20.8. The molecule has 0 saturated carbocycles. The van der Waals surface area contributed by atoms with E-state index >= 15 is 0 Å². The summed E-state index contributed by atoms with van der Waals surface area (Å²) in [6.45, 7) is 3.55. The summed E-state index contributed by atoms with van der Waals surface area (Å²) in [5, 5.41) is 12.4. The summed E-state index contributed by atoms with van der Waals surface area (Å²) in [5.74, 6) is 0.635. The number of nitrogens with one attached hydrogen (secondary N) is 2. The van der Waals surface area contributed by atoms with Crippen molar-refractivity contribution in [2.24, 2.45) is 4.99 Å². The second kappa shape index (κ2) is 11.3. The molecule has 3 aromatic rings. The van der Waals surface area contributed by atoms with Crippen LogP contribution in [0.3, 0.4) is 0 Å². The molecule has 1 atom stereocenters. The van der Waals surface area contributed by atoms with Gasteiger partial charge in [0.15, 0.2) is 0 Å². The van der Waals surface area contributed by atoms with Crippen molar-refractivity contribution in [1.29, 1.82) is 5.26 Å². The summed E-state index contributed by atoms with van der Waals surface area (Å²) in [7, 11) is 5.06. The van der Waals surface area contributed by atoms with Crippen LogP contribution in [-0.4, -0.2) is 12.9 Å². The van der Waals surface area contributed by atoms with Crippen LogP contribution in [0.15, 0.2) is 53.5 Å². The molecule has 0 saturated heterocycles. The number of alkyl halides is 3. The van der Waals surface area contributed by atoms with Crippen LogP contribution < -0.4 is 15.8 Å². The Morgan fingerprint density at radius 2 is 1.86 bits per heavy atom. The predicted molar refractivity (Wildman–Crippen MR) is 131 cm³/mol. The number of hydrogen-bond acceptors (Lipinski definition) is 4. The van der Waals surface area contributed by atoms with Gasteiger partial charge in [0.05, 0.1) is 24.3 Å². The average Bonchev–Trinajstić information content (AvgIpc) is 2.82. The summed E-state index contributed by atoms with van der Waals surface area (Å²) in [5.41, 5.74) is 16.8. The topological polar surface area (TPSA) is 107 Å². The average molecular weight is 538 g/mol. The van der Waals surface area contributed by atoms with Crippen molar-refractivity contribution in [3.63, 3.8) is 0 Å². The van der Waals surface area contributed by atoms with Crippen LogP contribution in [-0.2, 0) is 23.0 Å². The number of ether oxygens (including phenoxy) is 1. The Morgan fingerprint density at radius 1 is 1.17 bits per heavy atom. The van der Waals surface area contributed by atoms with Crippen molar-refractivity contribution in [3.05, 3.63) is 89.1 Å². The number of nitriles is 1. The molecule has 0 heterocycles. The number of benzene rings is 3. The molecule has 0 aliphatic rings. The van der Waals surface area contributed by atoms with Crippen molar-refractivity contribution >= 4 is 17.2 Å². The number of nitrogens with two attached hydrogens (primary N) is 1. The van der Waals surface area contributed by atoms with Gasteiger partial charge in [-0.3, -0.25) is 0 Å². The van der Waals surface area contributed by atoms with E-state index in [1.54, 1.807) is 25.1 Å². The second-order valence-corrected chi connectivity index (χ2v) is 8.00. The van der Waals surface area contributed by atoms with Crippen molar-refractivity contribution in [1.82, 2.24) is 5.32 Å².